The van der Waals surface area contributed by atoms with Gasteiger partial charge in [-0.3, -0.25) is 10.9 Å². The Hall–Kier alpha value is -1.40. The molecule has 1 aromatic rings. The Balaban J connectivity index is 1.39. The quantitative estimate of drug-likeness (QED) is 0.486. The van der Waals surface area contributed by atoms with Crippen molar-refractivity contribution in [1.29, 1.82) is 0 Å². The molecule has 0 spiro atoms. The molecule has 2 saturated carbocycles. The molecule has 0 radical (unpaired) electrons. The number of hydrogen-bond donors (Lipinski definition) is 4. The van der Waals surface area contributed by atoms with E-state index in [1.807, 2.05) is 12.1 Å². The first-order valence-electron chi connectivity index (χ1n) is 8.74. The number of benzene rings is 1. The smallest absolute Gasteiger partial charge is 0.189 e. The van der Waals surface area contributed by atoms with Crippen LogP contribution >= 0.6 is 24.4 Å². The highest BCUT2D eigenvalue weighted by molar-refractivity contribution is 7.80. The van der Waals surface area contributed by atoms with Crippen molar-refractivity contribution in [3.63, 3.8) is 0 Å². The van der Waals surface area contributed by atoms with Gasteiger partial charge in [-0.15, -0.1) is 0 Å². The second kappa shape index (κ2) is 7.66. The summed E-state index contributed by atoms with van der Waals surface area (Å²) in [5, 5.41) is 7.70. The third kappa shape index (κ3) is 4.36. The van der Waals surface area contributed by atoms with Crippen molar-refractivity contribution >= 4 is 40.3 Å². The molecule has 24 heavy (non-hydrogen) atoms. The van der Waals surface area contributed by atoms with Crippen LogP contribution in [0.5, 0.6) is 0 Å². The van der Waals surface area contributed by atoms with Crippen molar-refractivity contribution < 1.29 is 0 Å². The lowest BCUT2D eigenvalue weighted by molar-refractivity contribution is 0.389. The van der Waals surface area contributed by atoms with Crippen LogP contribution in [-0.2, 0) is 0 Å². The van der Waals surface area contributed by atoms with Gasteiger partial charge >= 0.3 is 0 Å². The zero-order chi connectivity index (χ0) is 17.1. The number of fused-ring (bicyclic) bond motifs is 2. The van der Waals surface area contributed by atoms with Gasteiger partial charge in [-0.1, -0.05) is 32.4 Å². The summed E-state index contributed by atoms with van der Waals surface area (Å²) >= 11 is 10.7. The first-order valence-corrected chi connectivity index (χ1v) is 9.56. The van der Waals surface area contributed by atoms with Crippen molar-refractivity contribution in [2.45, 2.75) is 51.5 Å². The van der Waals surface area contributed by atoms with Crippen LogP contribution in [0.25, 0.3) is 0 Å². The third-order valence-electron chi connectivity index (χ3n) is 5.18. The SMILES string of the molecule is CC(C)c1ccc(NC(=S)NNC(=S)NC2CC3CCC2C3)cc1. The molecule has 0 aliphatic heterocycles. The molecule has 3 rings (SSSR count). The van der Waals surface area contributed by atoms with Crippen molar-refractivity contribution in [2.75, 3.05) is 5.32 Å². The normalized spacial score (nSPS) is 24.7. The van der Waals surface area contributed by atoms with Gasteiger partial charge in [0.15, 0.2) is 10.2 Å². The van der Waals surface area contributed by atoms with Crippen LogP contribution in [0.2, 0.25) is 0 Å². The van der Waals surface area contributed by atoms with Crippen LogP contribution in [0, 0.1) is 11.8 Å². The van der Waals surface area contributed by atoms with E-state index in [4.69, 9.17) is 24.4 Å². The Bertz CT molecular complexity index is 600. The first kappa shape index (κ1) is 17.4. The molecule has 0 amide bonds. The molecular weight excluding hydrogens is 336 g/mol. The monoisotopic (exact) mass is 362 g/mol. The number of anilines is 1. The van der Waals surface area contributed by atoms with E-state index >= 15 is 0 Å². The Kier molecular flexibility index (Phi) is 5.56. The molecule has 4 nitrogen and oxygen atoms in total. The van der Waals surface area contributed by atoms with Crippen molar-refractivity contribution in [1.82, 2.24) is 16.2 Å². The summed E-state index contributed by atoms with van der Waals surface area (Å²) < 4.78 is 0. The Morgan fingerprint density at radius 3 is 2.29 bits per heavy atom. The van der Waals surface area contributed by atoms with Crippen LogP contribution in [0.15, 0.2) is 24.3 Å². The number of nitrogens with one attached hydrogen (secondary N) is 4. The number of thiocarbonyl (C=S) groups is 2. The second-order valence-electron chi connectivity index (χ2n) is 7.24. The molecule has 4 N–H and O–H groups in total. The first-order chi connectivity index (χ1) is 11.5. The van der Waals surface area contributed by atoms with Gasteiger partial charge in [0.1, 0.15) is 0 Å². The summed E-state index contributed by atoms with van der Waals surface area (Å²) in [5.41, 5.74) is 8.22. The molecule has 1 aromatic carbocycles. The van der Waals surface area contributed by atoms with Crippen LogP contribution in [0.3, 0.4) is 0 Å². The van der Waals surface area contributed by atoms with Gasteiger partial charge in [0, 0.05) is 11.7 Å². The fraction of sp³-hybridized carbons (Fsp3) is 0.556. The third-order valence-corrected chi connectivity index (χ3v) is 5.60. The van der Waals surface area contributed by atoms with Crippen LogP contribution < -0.4 is 21.5 Å². The van der Waals surface area contributed by atoms with E-state index in [1.54, 1.807) is 0 Å². The molecule has 2 aliphatic rings. The van der Waals surface area contributed by atoms with Gasteiger partial charge in [0.25, 0.3) is 0 Å². The molecule has 0 heterocycles. The summed E-state index contributed by atoms with van der Waals surface area (Å²) in [5.74, 6) is 2.22. The lowest BCUT2D eigenvalue weighted by Gasteiger charge is -2.24. The van der Waals surface area contributed by atoms with E-state index in [9.17, 15) is 0 Å². The summed E-state index contributed by atoms with van der Waals surface area (Å²) in [6.07, 6.45) is 5.34. The van der Waals surface area contributed by atoms with E-state index in [1.165, 1.54) is 31.2 Å². The molecule has 0 saturated heterocycles. The molecule has 130 valence electrons. The number of rotatable bonds is 3. The van der Waals surface area contributed by atoms with Gasteiger partial charge in [0.05, 0.1) is 0 Å². The molecule has 6 heteroatoms. The predicted molar refractivity (Wildman–Crippen MR) is 108 cm³/mol. The summed E-state index contributed by atoms with van der Waals surface area (Å²) in [6, 6.07) is 8.83. The molecule has 2 aliphatic carbocycles. The van der Waals surface area contributed by atoms with Gasteiger partial charge < -0.3 is 10.6 Å². The molecule has 0 aromatic heterocycles. The molecule has 2 bridgehead atoms. The van der Waals surface area contributed by atoms with Crippen LogP contribution in [0.1, 0.15) is 51.0 Å². The summed E-state index contributed by atoms with van der Waals surface area (Å²) in [6.45, 7) is 4.37. The summed E-state index contributed by atoms with van der Waals surface area (Å²) in [4.78, 5) is 0. The van der Waals surface area contributed by atoms with Gasteiger partial charge in [-0.2, -0.15) is 0 Å². The maximum Gasteiger partial charge on any atom is 0.189 e. The fourth-order valence-corrected chi connectivity index (χ4v) is 4.22. The Labute approximate surface area is 155 Å². The molecule has 3 unspecified atom stereocenters. The van der Waals surface area contributed by atoms with Crippen molar-refractivity contribution in [2.24, 2.45) is 11.8 Å². The minimum atomic E-state index is 0.504. The van der Waals surface area contributed by atoms with Crippen LogP contribution in [0.4, 0.5) is 5.69 Å². The zero-order valence-corrected chi connectivity index (χ0v) is 15.9. The van der Waals surface area contributed by atoms with Crippen molar-refractivity contribution in [3.8, 4) is 0 Å². The average molecular weight is 363 g/mol. The highest BCUT2D eigenvalue weighted by Crippen LogP contribution is 2.44. The van der Waals surface area contributed by atoms with Gasteiger partial charge in [0.2, 0.25) is 0 Å². The van der Waals surface area contributed by atoms with E-state index < -0.39 is 0 Å². The standard InChI is InChI=1S/C18H26N4S2/c1-11(2)13-5-7-15(8-6-13)19-17(23)21-22-18(24)20-16-10-12-3-4-14(16)9-12/h5-8,11-12,14,16H,3-4,9-10H2,1-2H3,(H2,19,21,23)(H2,20,22,24). The predicted octanol–water partition coefficient (Wildman–Crippen LogP) is 3.66. The highest BCUT2D eigenvalue weighted by Gasteiger charge is 2.39. The lowest BCUT2D eigenvalue weighted by Crippen LogP contribution is -2.51. The molecule has 3 atom stereocenters. The second-order valence-corrected chi connectivity index (χ2v) is 8.05. The maximum absolute atomic E-state index is 5.36. The Morgan fingerprint density at radius 2 is 1.71 bits per heavy atom. The van der Waals surface area contributed by atoms with Crippen LogP contribution in [-0.4, -0.2) is 16.3 Å². The average Bonchev–Trinajstić information content (AvgIpc) is 3.16. The maximum atomic E-state index is 5.36. The van der Waals surface area contributed by atoms with E-state index in [2.05, 4.69) is 47.5 Å². The highest BCUT2D eigenvalue weighted by atomic mass is 32.1. The minimum absolute atomic E-state index is 0.504. The lowest BCUT2D eigenvalue weighted by atomic mass is 9.96. The number of hydrogen-bond acceptors (Lipinski definition) is 2. The van der Waals surface area contributed by atoms with Gasteiger partial charge in [-0.25, -0.2) is 0 Å². The topological polar surface area (TPSA) is 48.1 Å². The largest absolute Gasteiger partial charge is 0.358 e. The zero-order valence-electron chi connectivity index (χ0n) is 14.3. The van der Waals surface area contributed by atoms with Gasteiger partial charge in [-0.05, 0) is 79.1 Å². The minimum Gasteiger partial charge on any atom is -0.358 e. The van der Waals surface area contributed by atoms with E-state index in [0.717, 1.165) is 17.5 Å². The molecule has 2 fully saturated rings. The fourth-order valence-electron chi connectivity index (χ4n) is 3.85. The van der Waals surface area contributed by atoms with E-state index in [0.29, 0.717) is 22.2 Å². The Morgan fingerprint density at radius 1 is 1.00 bits per heavy atom. The van der Waals surface area contributed by atoms with Crippen molar-refractivity contribution in [3.05, 3.63) is 29.8 Å². The summed E-state index contributed by atoms with van der Waals surface area (Å²) in [7, 11) is 0. The van der Waals surface area contributed by atoms with E-state index in [-0.39, 0.29) is 0 Å². The number of hydrazine groups is 1. The molecular formula is C18H26N4S2.